The summed E-state index contributed by atoms with van der Waals surface area (Å²) < 4.78 is 1.84. The highest BCUT2D eigenvalue weighted by atomic mass is 16.2. The molecular weight excluding hydrogens is 306 g/mol. The molecule has 1 aliphatic heterocycles. The maximum Gasteiger partial charge on any atom is 0.276 e. The highest BCUT2D eigenvalue weighted by molar-refractivity contribution is 5.91. The van der Waals surface area contributed by atoms with Crippen LogP contribution in [0.25, 0.3) is 0 Å². The first-order chi connectivity index (χ1) is 11.7. The lowest BCUT2D eigenvalue weighted by molar-refractivity contribution is 0.0767. The van der Waals surface area contributed by atoms with E-state index in [9.17, 15) is 4.79 Å². The highest BCUT2D eigenvalue weighted by Crippen LogP contribution is 2.24. The molecule has 0 unspecified atom stereocenters. The van der Waals surface area contributed by atoms with E-state index in [0.29, 0.717) is 18.8 Å². The van der Waals surface area contributed by atoms with Crippen molar-refractivity contribution in [1.82, 2.24) is 29.9 Å². The molecule has 0 N–H and O–H groups in total. The normalized spacial score (nSPS) is 15.5. The van der Waals surface area contributed by atoms with Gasteiger partial charge in [0.2, 0.25) is 0 Å². The van der Waals surface area contributed by atoms with Crippen molar-refractivity contribution in [3.8, 4) is 0 Å². The SMILES string of the molecule is CCN(CC)C(=O)c1cn(C2CCN(c3cnccn3)CC2)nn1. The van der Waals surface area contributed by atoms with Crippen LogP contribution in [-0.2, 0) is 0 Å². The molecule has 8 nitrogen and oxygen atoms in total. The summed E-state index contributed by atoms with van der Waals surface area (Å²) in [7, 11) is 0. The molecule has 24 heavy (non-hydrogen) atoms. The Hall–Kier alpha value is -2.51. The van der Waals surface area contributed by atoms with Gasteiger partial charge in [-0.15, -0.1) is 5.10 Å². The van der Waals surface area contributed by atoms with Crippen LogP contribution >= 0.6 is 0 Å². The number of aromatic nitrogens is 5. The number of hydrogen-bond donors (Lipinski definition) is 0. The van der Waals surface area contributed by atoms with E-state index in [4.69, 9.17) is 0 Å². The second kappa shape index (κ2) is 7.37. The molecule has 0 atom stereocenters. The molecule has 3 heterocycles. The van der Waals surface area contributed by atoms with Gasteiger partial charge >= 0.3 is 0 Å². The van der Waals surface area contributed by atoms with Crippen molar-refractivity contribution in [1.29, 1.82) is 0 Å². The number of nitrogens with zero attached hydrogens (tertiary/aromatic N) is 7. The molecule has 0 aromatic carbocycles. The second-order valence-electron chi connectivity index (χ2n) is 5.84. The second-order valence-corrected chi connectivity index (χ2v) is 5.84. The summed E-state index contributed by atoms with van der Waals surface area (Å²) in [4.78, 5) is 24.8. The third kappa shape index (κ3) is 3.37. The van der Waals surface area contributed by atoms with E-state index >= 15 is 0 Å². The first-order valence-electron chi connectivity index (χ1n) is 8.45. The van der Waals surface area contributed by atoms with E-state index < -0.39 is 0 Å². The van der Waals surface area contributed by atoms with Crippen molar-refractivity contribution in [3.05, 3.63) is 30.5 Å². The molecule has 1 amide bonds. The average molecular weight is 329 g/mol. The Morgan fingerprint density at radius 2 is 2.00 bits per heavy atom. The lowest BCUT2D eigenvalue weighted by Crippen LogP contribution is -2.35. The van der Waals surface area contributed by atoms with Gasteiger partial charge in [-0.3, -0.25) is 9.78 Å². The molecule has 0 bridgehead atoms. The summed E-state index contributed by atoms with van der Waals surface area (Å²) in [5.74, 6) is 0.857. The zero-order chi connectivity index (χ0) is 16.9. The third-order valence-corrected chi connectivity index (χ3v) is 4.49. The molecule has 1 fully saturated rings. The lowest BCUT2D eigenvalue weighted by atomic mass is 10.1. The van der Waals surface area contributed by atoms with Gasteiger partial charge in [0.15, 0.2) is 5.69 Å². The number of amides is 1. The van der Waals surface area contributed by atoms with Gasteiger partial charge in [-0.2, -0.15) is 0 Å². The fourth-order valence-corrected chi connectivity index (χ4v) is 3.04. The van der Waals surface area contributed by atoms with Crippen molar-refractivity contribution >= 4 is 11.7 Å². The smallest absolute Gasteiger partial charge is 0.276 e. The van der Waals surface area contributed by atoms with Crippen LogP contribution in [0.5, 0.6) is 0 Å². The first kappa shape index (κ1) is 16.4. The maximum absolute atomic E-state index is 12.3. The number of carbonyl (C=O) groups is 1. The molecule has 0 saturated carbocycles. The van der Waals surface area contributed by atoms with E-state index in [1.54, 1.807) is 29.7 Å². The van der Waals surface area contributed by atoms with E-state index in [1.807, 2.05) is 18.5 Å². The molecule has 2 aromatic rings. The summed E-state index contributed by atoms with van der Waals surface area (Å²) in [5.41, 5.74) is 0.426. The van der Waals surface area contributed by atoms with Crippen LogP contribution < -0.4 is 4.90 Å². The minimum atomic E-state index is -0.0526. The van der Waals surface area contributed by atoms with Gasteiger partial charge in [-0.25, -0.2) is 9.67 Å². The number of piperidine rings is 1. The predicted octanol–water partition coefficient (Wildman–Crippen LogP) is 1.39. The maximum atomic E-state index is 12.3. The van der Waals surface area contributed by atoms with Crippen molar-refractivity contribution in [2.24, 2.45) is 0 Å². The van der Waals surface area contributed by atoms with Crippen molar-refractivity contribution in [2.75, 3.05) is 31.1 Å². The molecular formula is C16H23N7O. The number of rotatable bonds is 5. The number of hydrogen-bond acceptors (Lipinski definition) is 6. The molecule has 1 aliphatic rings. The van der Waals surface area contributed by atoms with E-state index in [2.05, 4.69) is 25.2 Å². The van der Waals surface area contributed by atoms with Crippen LogP contribution in [0.3, 0.4) is 0 Å². The Labute approximate surface area is 141 Å². The van der Waals surface area contributed by atoms with Crippen LogP contribution in [0.4, 0.5) is 5.82 Å². The van der Waals surface area contributed by atoms with E-state index in [0.717, 1.165) is 31.7 Å². The van der Waals surface area contributed by atoms with Gasteiger partial charge in [0.05, 0.1) is 18.4 Å². The Bertz CT molecular complexity index is 660. The van der Waals surface area contributed by atoms with E-state index in [-0.39, 0.29) is 11.9 Å². The fraction of sp³-hybridized carbons (Fsp3) is 0.562. The molecule has 8 heteroatoms. The molecule has 0 radical (unpaired) electrons. The fourth-order valence-electron chi connectivity index (χ4n) is 3.04. The molecule has 128 valence electrons. The van der Waals surface area contributed by atoms with Crippen LogP contribution in [0.15, 0.2) is 24.8 Å². The summed E-state index contributed by atoms with van der Waals surface area (Å²) in [6, 6.07) is 0.267. The highest BCUT2D eigenvalue weighted by Gasteiger charge is 2.24. The van der Waals surface area contributed by atoms with Crippen LogP contribution in [0, 0.1) is 0 Å². The van der Waals surface area contributed by atoms with Crippen LogP contribution in [-0.4, -0.2) is 61.9 Å². The van der Waals surface area contributed by atoms with Gasteiger partial charge in [-0.05, 0) is 26.7 Å². The Kier molecular flexibility index (Phi) is 5.02. The van der Waals surface area contributed by atoms with Gasteiger partial charge < -0.3 is 9.80 Å². The largest absolute Gasteiger partial charge is 0.355 e. The monoisotopic (exact) mass is 329 g/mol. The van der Waals surface area contributed by atoms with E-state index in [1.165, 1.54) is 0 Å². The number of carbonyl (C=O) groups excluding carboxylic acids is 1. The zero-order valence-electron chi connectivity index (χ0n) is 14.2. The average Bonchev–Trinajstić information content (AvgIpc) is 3.14. The number of anilines is 1. The van der Waals surface area contributed by atoms with Gasteiger partial charge in [0, 0.05) is 38.6 Å². The minimum absolute atomic E-state index is 0.0526. The summed E-state index contributed by atoms with van der Waals surface area (Å²) in [5, 5.41) is 8.25. The Morgan fingerprint density at radius 3 is 2.62 bits per heavy atom. The van der Waals surface area contributed by atoms with Gasteiger partial charge in [0.1, 0.15) is 5.82 Å². The summed E-state index contributed by atoms with van der Waals surface area (Å²) >= 11 is 0. The van der Waals surface area contributed by atoms with Gasteiger partial charge in [-0.1, -0.05) is 5.21 Å². The van der Waals surface area contributed by atoms with Gasteiger partial charge in [0.25, 0.3) is 5.91 Å². The molecule has 0 aliphatic carbocycles. The summed E-state index contributed by atoms with van der Waals surface area (Å²) in [6.07, 6.45) is 8.85. The van der Waals surface area contributed by atoms with Crippen molar-refractivity contribution in [2.45, 2.75) is 32.7 Å². The standard InChI is InChI=1S/C16H23N7O/c1-3-21(4-2)16(24)14-12-23(20-19-14)13-5-9-22(10-6-13)15-11-17-7-8-18-15/h7-8,11-13H,3-6,9-10H2,1-2H3. The topological polar surface area (TPSA) is 80.0 Å². The quantitative estimate of drug-likeness (QED) is 0.825. The molecule has 3 rings (SSSR count). The lowest BCUT2D eigenvalue weighted by Gasteiger charge is -2.32. The van der Waals surface area contributed by atoms with Crippen molar-refractivity contribution in [3.63, 3.8) is 0 Å². The Morgan fingerprint density at radius 1 is 1.25 bits per heavy atom. The Balaban J connectivity index is 1.62. The molecule has 1 saturated heterocycles. The van der Waals surface area contributed by atoms with Crippen molar-refractivity contribution < 1.29 is 4.79 Å². The molecule has 0 spiro atoms. The predicted molar refractivity (Wildman–Crippen MR) is 89.8 cm³/mol. The van der Waals surface area contributed by atoms with Crippen LogP contribution in [0.1, 0.15) is 43.2 Å². The zero-order valence-corrected chi connectivity index (χ0v) is 14.2. The van der Waals surface area contributed by atoms with Crippen LogP contribution in [0.2, 0.25) is 0 Å². The minimum Gasteiger partial charge on any atom is -0.355 e. The molecule has 2 aromatic heterocycles. The first-order valence-corrected chi connectivity index (χ1v) is 8.45. The summed E-state index contributed by atoms with van der Waals surface area (Å²) in [6.45, 7) is 7.07. The third-order valence-electron chi connectivity index (χ3n) is 4.49.